The third-order valence-electron chi connectivity index (χ3n) is 9.48. The van der Waals surface area contributed by atoms with Crippen LogP contribution in [-0.4, -0.2) is 41.1 Å². The molecule has 0 saturated heterocycles. The molecular formula is C38H38N6O2. The van der Waals surface area contributed by atoms with E-state index in [0.717, 1.165) is 70.0 Å². The fraction of sp³-hybridized carbons (Fsp3) is 0.316. The Kier molecular flexibility index (Phi) is 8.26. The van der Waals surface area contributed by atoms with Crippen molar-refractivity contribution in [3.63, 3.8) is 0 Å². The highest BCUT2D eigenvalue weighted by Gasteiger charge is 2.27. The summed E-state index contributed by atoms with van der Waals surface area (Å²) in [5, 5.41) is 20.3. The van der Waals surface area contributed by atoms with E-state index in [1.807, 2.05) is 75.0 Å². The summed E-state index contributed by atoms with van der Waals surface area (Å²) in [7, 11) is 4.02. The summed E-state index contributed by atoms with van der Waals surface area (Å²) < 4.78 is 4.14. The molecule has 0 radical (unpaired) electrons. The van der Waals surface area contributed by atoms with Crippen LogP contribution in [0, 0.1) is 0 Å². The van der Waals surface area contributed by atoms with Crippen molar-refractivity contribution in [3.05, 3.63) is 119 Å². The van der Waals surface area contributed by atoms with Crippen molar-refractivity contribution < 1.29 is 9.59 Å². The van der Waals surface area contributed by atoms with Gasteiger partial charge < -0.3 is 9.13 Å². The van der Waals surface area contributed by atoms with E-state index in [4.69, 9.17) is 0 Å². The molecule has 0 spiro atoms. The van der Waals surface area contributed by atoms with Crippen LogP contribution < -0.4 is 0 Å². The van der Waals surface area contributed by atoms with Crippen LogP contribution >= 0.6 is 0 Å². The molecule has 4 aromatic heterocycles. The molecule has 2 atom stereocenters. The van der Waals surface area contributed by atoms with Crippen molar-refractivity contribution in [2.24, 2.45) is 14.1 Å². The van der Waals surface area contributed by atoms with E-state index in [2.05, 4.69) is 53.8 Å². The number of hydrogen-bond donors (Lipinski definition) is 0. The van der Waals surface area contributed by atoms with E-state index < -0.39 is 0 Å². The van der Waals surface area contributed by atoms with Crippen LogP contribution in [0.4, 0.5) is 0 Å². The smallest absolute Gasteiger partial charge is 0.143 e. The van der Waals surface area contributed by atoms with Gasteiger partial charge >= 0.3 is 0 Å². The normalized spacial score (nSPS) is 16.7. The van der Waals surface area contributed by atoms with Gasteiger partial charge in [-0.25, -0.2) is 0 Å². The number of fused-ring (bicyclic) bond motifs is 2. The molecule has 232 valence electrons. The van der Waals surface area contributed by atoms with Gasteiger partial charge in [0.1, 0.15) is 11.6 Å². The predicted molar refractivity (Wildman–Crippen MR) is 179 cm³/mol. The Morgan fingerprint density at radius 3 is 1.50 bits per heavy atom. The molecule has 4 heterocycles. The van der Waals surface area contributed by atoms with E-state index in [1.54, 1.807) is 0 Å². The van der Waals surface area contributed by atoms with Crippen LogP contribution in [0.2, 0.25) is 0 Å². The first kappa shape index (κ1) is 29.7. The summed E-state index contributed by atoms with van der Waals surface area (Å²) in [6, 6.07) is 24.3. The third kappa shape index (κ3) is 6.25. The van der Waals surface area contributed by atoms with Crippen LogP contribution in [-0.2, 0) is 49.4 Å². The first-order valence-electron chi connectivity index (χ1n) is 16.2. The average Bonchev–Trinajstić information content (AvgIpc) is 3.56. The number of rotatable bonds is 10. The van der Waals surface area contributed by atoms with Crippen molar-refractivity contribution >= 4 is 33.4 Å². The predicted octanol–water partition coefficient (Wildman–Crippen LogP) is 6.40. The van der Waals surface area contributed by atoms with Gasteiger partial charge in [0.2, 0.25) is 0 Å². The molecule has 1 saturated carbocycles. The Morgan fingerprint density at radius 1 is 0.609 bits per heavy atom. The molecule has 7 rings (SSSR count). The lowest BCUT2D eigenvalue weighted by Crippen LogP contribution is -2.17. The minimum atomic E-state index is 0.133. The Balaban J connectivity index is 0.938. The maximum Gasteiger partial charge on any atom is 0.143 e. The van der Waals surface area contributed by atoms with Gasteiger partial charge in [-0.15, -0.1) is 0 Å². The number of carbonyl (C=O) groups excluding carboxylic acids is 2. The summed E-state index contributed by atoms with van der Waals surface area (Å²) in [4.78, 5) is 25.9. The van der Waals surface area contributed by atoms with Crippen LogP contribution in [0.25, 0.3) is 21.8 Å². The van der Waals surface area contributed by atoms with Gasteiger partial charge in [-0.05, 0) is 66.8 Å². The lowest BCUT2D eigenvalue weighted by molar-refractivity contribution is -0.118. The van der Waals surface area contributed by atoms with E-state index in [1.165, 1.54) is 0 Å². The summed E-state index contributed by atoms with van der Waals surface area (Å²) in [6.07, 6.45) is 9.52. The van der Waals surface area contributed by atoms with Crippen molar-refractivity contribution in [1.29, 1.82) is 0 Å². The summed E-state index contributed by atoms with van der Waals surface area (Å²) in [5.74, 6) is 0.840. The van der Waals surface area contributed by atoms with Crippen molar-refractivity contribution in [2.75, 3.05) is 0 Å². The zero-order chi connectivity index (χ0) is 31.6. The highest BCUT2D eigenvalue weighted by molar-refractivity contribution is 5.91. The minimum absolute atomic E-state index is 0.133. The molecule has 0 unspecified atom stereocenters. The van der Waals surface area contributed by atoms with Gasteiger partial charge in [-0.1, -0.05) is 42.8 Å². The van der Waals surface area contributed by atoms with Gasteiger partial charge in [-0.2, -0.15) is 20.4 Å². The molecule has 1 fully saturated rings. The third-order valence-corrected chi connectivity index (χ3v) is 9.48. The maximum absolute atomic E-state index is 12.9. The molecule has 0 amide bonds. The lowest BCUT2D eigenvalue weighted by atomic mass is 9.78. The Labute approximate surface area is 268 Å². The van der Waals surface area contributed by atoms with E-state index in [0.29, 0.717) is 24.2 Å². The van der Waals surface area contributed by atoms with Crippen molar-refractivity contribution in [1.82, 2.24) is 29.5 Å². The van der Waals surface area contributed by atoms with Crippen LogP contribution in [0.1, 0.15) is 71.4 Å². The van der Waals surface area contributed by atoms with Gasteiger partial charge in [0, 0.05) is 73.0 Å². The number of carbonyl (C=O) groups is 2. The van der Waals surface area contributed by atoms with Gasteiger partial charge in [-0.3, -0.25) is 9.59 Å². The van der Waals surface area contributed by atoms with Gasteiger partial charge in [0.25, 0.3) is 0 Å². The number of Topliss-reactive ketones (excluding diaryl/α,β-unsaturated/α-hetero) is 2. The van der Waals surface area contributed by atoms with Crippen LogP contribution in [0.5, 0.6) is 0 Å². The second-order valence-corrected chi connectivity index (χ2v) is 12.8. The fourth-order valence-electron chi connectivity index (χ4n) is 7.18. The number of ketones is 2. The minimum Gasteiger partial charge on any atom is -0.350 e. The molecule has 6 aromatic rings. The van der Waals surface area contributed by atoms with Crippen molar-refractivity contribution in [2.45, 2.75) is 63.2 Å². The number of para-hydroxylation sites is 2. The molecular weight excluding hydrogens is 572 g/mol. The lowest BCUT2D eigenvalue weighted by Gasteiger charge is -2.28. The molecule has 1 aliphatic carbocycles. The highest BCUT2D eigenvalue weighted by atomic mass is 16.1. The number of benzene rings is 2. The summed E-state index contributed by atoms with van der Waals surface area (Å²) in [5.41, 5.74) is 7.71. The molecule has 46 heavy (non-hydrogen) atoms. The molecule has 0 bridgehead atoms. The maximum atomic E-state index is 12.9. The zero-order valence-corrected chi connectivity index (χ0v) is 26.4. The average molecular weight is 611 g/mol. The van der Waals surface area contributed by atoms with E-state index in [9.17, 15) is 9.59 Å². The second kappa shape index (κ2) is 12.8. The topological polar surface area (TPSA) is 95.6 Å². The summed E-state index contributed by atoms with van der Waals surface area (Å²) in [6.45, 7) is 0. The first-order chi connectivity index (χ1) is 22.4. The first-order valence-corrected chi connectivity index (χ1v) is 16.2. The number of aromatic nitrogens is 6. The van der Waals surface area contributed by atoms with Crippen LogP contribution in [0.15, 0.2) is 85.2 Å². The van der Waals surface area contributed by atoms with Gasteiger partial charge in [0.05, 0.1) is 35.6 Å². The standard InChI is InChI=1S/C38H38N6O2/c1-43-23-27(33-10-3-5-12-37(33)43)19-31(45)21-29-14-16-35(41-39-29)25-8-7-9-26(18-25)36-17-15-30(40-42-36)22-32(46)20-28-24-44(2)38-13-6-4-11-34(28)38/h3-6,10-17,23-26H,7-9,18-22H2,1-2H3/t25-,26-/m1/s1. The quantitative estimate of drug-likeness (QED) is 0.178. The number of hydrogen-bond acceptors (Lipinski definition) is 6. The Morgan fingerprint density at radius 2 is 1.07 bits per heavy atom. The number of aryl methyl sites for hydroxylation is 2. The monoisotopic (exact) mass is 610 g/mol. The second-order valence-electron chi connectivity index (χ2n) is 12.8. The molecule has 0 N–H and O–H groups in total. The van der Waals surface area contributed by atoms with Crippen LogP contribution in [0.3, 0.4) is 0 Å². The SMILES string of the molecule is Cn1cc(CC(=O)Cc2ccc([C@@H]3CCC[C@@H](c4ccc(CC(=O)Cc5cn(C)c6ccccc56)nn4)C3)nn2)c2ccccc21. The van der Waals surface area contributed by atoms with E-state index in [-0.39, 0.29) is 36.2 Å². The molecule has 1 aliphatic rings. The largest absolute Gasteiger partial charge is 0.350 e. The van der Waals surface area contributed by atoms with Gasteiger partial charge in [0.15, 0.2) is 0 Å². The Hall–Kier alpha value is -4.98. The van der Waals surface area contributed by atoms with E-state index >= 15 is 0 Å². The zero-order valence-electron chi connectivity index (χ0n) is 26.4. The fourth-order valence-corrected chi connectivity index (χ4v) is 7.18. The Bertz CT molecular complexity index is 1880. The highest BCUT2D eigenvalue weighted by Crippen LogP contribution is 2.40. The van der Waals surface area contributed by atoms with Crippen molar-refractivity contribution in [3.8, 4) is 0 Å². The molecule has 8 heteroatoms. The summed E-state index contributed by atoms with van der Waals surface area (Å²) >= 11 is 0. The molecule has 8 nitrogen and oxygen atoms in total. The molecule has 0 aliphatic heterocycles. The number of nitrogens with zero attached hydrogens (tertiary/aromatic N) is 6. The molecule has 2 aromatic carbocycles.